The molecule has 3 atom stereocenters. The highest BCUT2D eigenvalue weighted by atomic mass is 16.6. The highest BCUT2D eigenvalue weighted by Gasteiger charge is 2.26. The van der Waals surface area contributed by atoms with Gasteiger partial charge in [-0.2, -0.15) is 0 Å². The van der Waals surface area contributed by atoms with E-state index in [9.17, 15) is 20.0 Å². The first-order valence-corrected chi connectivity index (χ1v) is 8.86. The Hall–Kier alpha value is -2.15. The van der Waals surface area contributed by atoms with Crippen LogP contribution in [0.3, 0.4) is 0 Å². The predicted octanol–water partition coefficient (Wildman–Crippen LogP) is 3.24. The molecule has 0 heterocycles. The second kappa shape index (κ2) is 8.80. The number of nitrogens with zero attached hydrogens (tertiary/aromatic N) is 2. The van der Waals surface area contributed by atoms with Crippen molar-refractivity contribution >= 4 is 11.7 Å². The lowest BCUT2D eigenvalue weighted by atomic mass is 9.86. The first-order valence-electron chi connectivity index (χ1n) is 8.86. The number of non-ortho nitro benzene ring substituents is 1. The van der Waals surface area contributed by atoms with Crippen LogP contribution in [0.25, 0.3) is 0 Å². The van der Waals surface area contributed by atoms with E-state index < -0.39 is 4.92 Å². The molecule has 1 saturated carbocycles. The summed E-state index contributed by atoms with van der Waals surface area (Å²) in [7, 11) is 1.72. The van der Waals surface area contributed by atoms with Crippen LogP contribution in [0, 0.1) is 16.0 Å². The first kappa shape index (κ1) is 19.2. The number of carbonyl (C=O) groups excluding carboxylic acids is 1. The molecular formula is C18H27N3O4. The van der Waals surface area contributed by atoms with Gasteiger partial charge in [-0.3, -0.25) is 10.1 Å². The van der Waals surface area contributed by atoms with Gasteiger partial charge in [0.25, 0.3) is 5.69 Å². The molecule has 1 aliphatic carbocycles. The second-order valence-electron chi connectivity index (χ2n) is 6.75. The van der Waals surface area contributed by atoms with E-state index in [2.05, 4.69) is 5.32 Å². The quantitative estimate of drug-likeness (QED) is 0.609. The molecular weight excluding hydrogens is 322 g/mol. The maximum Gasteiger partial charge on any atom is 0.317 e. The summed E-state index contributed by atoms with van der Waals surface area (Å²) < 4.78 is 0. The number of hydrogen-bond acceptors (Lipinski definition) is 4. The van der Waals surface area contributed by atoms with Gasteiger partial charge in [-0.1, -0.05) is 31.9 Å². The van der Waals surface area contributed by atoms with E-state index >= 15 is 0 Å². The number of aliphatic hydroxyl groups is 1. The van der Waals surface area contributed by atoms with Crippen molar-refractivity contribution in [3.05, 3.63) is 39.9 Å². The van der Waals surface area contributed by atoms with Gasteiger partial charge in [-0.25, -0.2) is 4.79 Å². The Morgan fingerprint density at radius 2 is 2.16 bits per heavy atom. The van der Waals surface area contributed by atoms with Gasteiger partial charge >= 0.3 is 6.03 Å². The molecule has 25 heavy (non-hydrogen) atoms. The zero-order valence-corrected chi connectivity index (χ0v) is 14.9. The lowest BCUT2D eigenvalue weighted by molar-refractivity contribution is -0.384. The maximum atomic E-state index is 12.5. The van der Waals surface area contributed by atoms with Crippen molar-refractivity contribution in [3.63, 3.8) is 0 Å². The summed E-state index contributed by atoms with van der Waals surface area (Å²) in [5.41, 5.74) is 0.736. The van der Waals surface area contributed by atoms with Crippen molar-refractivity contribution in [1.29, 1.82) is 0 Å². The van der Waals surface area contributed by atoms with E-state index in [0.717, 1.165) is 31.2 Å². The average molecular weight is 349 g/mol. The van der Waals surface area contributed by atoms with Crippen molar-refractivity contribution in [2.24, 2.45) is 5.92 Å². The molecule has 1 aromatic carbocycles. The fourth-order valence-corrected chi connectivity index (χ4v) is 3.37. The molecule has 1 aliphatic rings. The Balaban J connectivity index is 1.99. The standard InChI is InChI=1S/C18H27N3O4/c1-3-16(13-8-6-9-15(11-13)21(24)25)19-18(23)20(2)12-14-7-4-5-10-17(14)22/h6,8-9,11,14,16-17,22H,3-5,7,10,12H2,1-2H3,(H,19,23)/t14-,16-,17-/m0/s1. The van der Waals surface area contributed by atoms with Crippen LogP contribution in [0.15, 0.2) is 24.3 Å². The minimum Gasteiger partial charge on any atom is -0.393 e. The molecule has 2 rings (SSSR count). The van der Waals surface area contributed by atoms with E-state index in [1.807, 2.05) is 6.92 Å². The SMILES string of the molecule is CC[C@H](NC(=O)N(C)C[C@@H]1CCCC[C@@H]1O)c1cccc([N+](=O)[O-])c1. The summed E-state index contributed by atoms with van der Waals surface area (Å²) in [6, 6.07) is 5.84. The van der Waals surface area contributed by atoms with Gasteiger partial charge in [-0.05, 0) is 24.8 Å². The number of nitrogens with one attached hydrogen (secondary N) is 1. The predicted molar refractivity (Wildman–Crippen MR) is 95.3 cm³/mol. The van der Waals surface area contributed by atoms with Gasteiger partial charge in [0, 0.05) is 31.6 Å². The number of rotatable bonds is 6. The van der Waals surface area contributed by atoms with Crippen LogP contribution in [0.4, 0.5) is 10.5 Å². The Morgan fingerprint density at radius 3 is 2.80 bits per heavy atom. The van der Waals surface area contributed by atoms with Crippen LogP contribution in [-0.2, 0) is 0 Å². The minimum absolute atomic E-state index is 0.0175. The van der Waals surface area contributed by atoms with Gasteiger partial charge in [0.2, 0.25) is 0 Å². The number of aliphatic hydroxyl groups excluding tert-OH is 1. The third kappa shape index (κ3) is 5.16. The van der Waals surface area contributed by atoms with Gasteiger partial charge in [0.05, 0.1) is 17.1 Å². The van der Waals surface area contributed by atoms with Crippen LogP contribution in [-0.4, -0.2) is 40.7 Å². The summed E-state index contributed by atoms with van der Waals surface area (Å²) >= 11 is 0. The molecule has 1 fully saturated rings. The summed E-state index contributed by atoms with van der Waals surface area (Å²) in [6.07, 6.45) is 4.14. The van der Waals surface area contributed by atoms with Crippen molar-refractivity contribution in [1.82, 2.24) is 10.2 Å². The summed E-state index contributed by atoms with van der Waals surface area (Å²) in [5, 5.41) is 23.9. The summed E-state index contributed by atoms with van der Waals surface area (Å²) in [6.45, 7) is 2.44. The molecule has 0 radical (unpaired) electrons. The highest BCUT2D eigenvalue weighted by molar-refractivity contribution is 5.74. The van der Waals surface area contributed by atoms with Crippen LogP contribution in [0.5, 0.6) is 0 Å². The zero-order chi connectivity index (χ0) is 18.4. The van der Waals surface area contributed by atoms with Crippen LogP contribution in [0.1, 0.15) is 50.6 Å². The van der Waals surface area contributed by atoms with Crippen LogP contribution < -0.4 is 5.32 Å². The van der Waals surface area contributed by atoms with E-state index in [0.29, 0.717) is 13.0 Å². The third-order valence-electron chi connectivity index (χ3n) is 4.91. The number of amides is 2. The molecule has 7 nitrogen and oxygen atoms in total. The topological polar surface area (TPSA) is 95.7 Å². The maximum absolute atomic E-state index is 12.5. The fourth-order valence-electron chi connectivity index (χ4n) is 3.37. The number of nitro benzene ring substituents is 1. The molecule has 0 unspecified atom stereocenters. The molecule has 0 saturated heterocycles. The van der Waals surface area contributed by atoms with E-state index in [-0.39, 0.29) is 29.8 Å². The Morgan fingerprint density at radius 1 is 1.44 bits per heavy atom. The molecule has 1 aromatic rings. The average Bonchev–Trinajstić information content (AvgIpc) is 2.61. The number of benzene rings is 1. The van der Waals surface area contributed by atoms with Crippen molar-refractivity contribution < 1.29 is 14.8 Å². The van der Waals surface area contributed by atoms with E-state index in [1.54, 1.807) is 24.1 Å². The molecule has 0 aliphatic heterocycles. The molecule has 0 bridgehead atoms. The molecule has 2 amide bonds. The second-order valence-corrected chi connectivity index (χ2v) is 6.75. The van der Waals surface area contributed by atoms with E-state index in [1.165, 1.54) is 12.1 Å². The molecule has 7 heteroatoms. The van der Waals surface area contributed by atoms with Gasteiger partial charge in [0.15, 0.2) is 0 Å². The highest BCUT2D eigenvalue weighted by Crippen LogP contribution is 2.25. The molecule has 138 valence electrons. The first-order chi connectivity index (χ1) is 11.9. The zero-order valence-electron chi connectivity index (χ0n) is 14.9. The fraction of sp³-hybridized carbons (Fsp3) is 0.611. The molecule has 0 spiro atoms. The van der Waals surface area contributed by atoms with Crippen LogP contribution in [0.2, 0.25) is 0 Å². The van der Waals surface area contributed by atoms with Crippen LogP contribution >= 0.6 is 0 Å². The van der Waals surface area contributed by atoms with Gasteiger partial charge in [0.1, 0.15) is 0 Å². The monoisotopic (exact) mass is 349 g/mol. The molecule has 2 N–H and O–H groups in total. The van der Waals surface area contributed by atoms with Gasteiger partial charge in [-0.15, -0.1) is 0 Å². The van der Waals surface area contributed by atoms with Gasteiger partial charge < -0.3 is 15.3 Å². The Kier molecular flexibility index (Phi) is 6.75. The Labute approximate surface area is 148 Å². The smallest absolute Gasteiger partial charge is 0.317 e. The molecule has 0 aromatic heterocycles. The number of carbonyl (C=O) groups is 1. The third-order valence-corrected chi connectivity index (χ3v) is 4.91. The summed E-state index contributed by atoms with van der Waals surface area (Å²) in [4.78, 5) is 24.6. The number of urea groups is 1. The van der Waals surface area contributed by atoms with Crippen molar-refractivity contribution in [3.8, 4) is 0 Å². The number of nitro groups is 1. The Bertz CT molecular complexity index is 608. The lowest BCUT2D eigenvalue weighted by Gasteiger charge is -2.32. The van der Waals surface area contributed by atoms with Crippen molar-refractivity contribution in [2.45, 2.75) is 51.2 Å². The summed E-state index contributed by atoms with van der Waals surface area (Å²) in [5.74, 6) is 0.113. The normalized spacial score (nSPS) is 21.4. The van der Waals surface area contributed by atoms with Crippen molar-refractivity contribution in [2.75, 3.05) is 13.6 Å². The minimum atomic E-state index is -0.436. The largest absolute Gasteiger partial charge is 0.393 e. The lowest BCUT2D eigenvalue weighted by Crippen LogP contribution is -2.44. The van der Waals surface area contributed by atoms with E-state index in [4.69, 9.17) is 0 Å². The number of hydrogen-bond donors (Lipinski definition) is 2.